The Labute approximate surface area is 618 Å². The molecule has 13 atom stereocenters. The second kappa shape index (κ2) is 46.5. The summed E-state index contributed by atoms with van der Waals surface area (Å²) in [5.41, 5.74) is 35.2. The number of aliphatic carboxylic acids is 1. The first kappa shape index (κ1) is 89.9. The molecule has 0 unspecified atom stereocenters. The smallest absolute Gasteiger partial charge is 0.303 e. The third kappa shape index (κ3) is 32.0. The van der Waals surface area contributed by atoms with Gasteiger partial charge in [-0.2, -0.15) is 0 Å². The van der Waals surface area contributed by atoms with Crippen LogP contribution in [0.2, 0.25) is 0 Å². The lowest BCUT2D eigenvalue weighted by Gasteiger charge is -2.30. The molecule has 3 aromatic rings. The number of primary amides is 1. The summed E-state index contributed by atoms with van der Waals surface area (Å²) in [4.78, 5) is 199. The summed E-state index contributed by atoms with van der Waals surface area (Å²) in [7, 11) is 0. The zero-order valence-corrected chi connectivity index (χ0v) is 62.2. The van der Waals surface area contributed by atoms with E-state index in [1.54, 1.807) is 96.3 Å². The van der Waals surface area contributed by atoms with Crippen LogP contribution in [0.1, 0.15) is 150 Å². The summed E-state index contributed by atoms with van der Waals surface area (Å²) in [5.74, 6) is -13.6. The molecule has 0 saturated carbocycles. The Kier molecular flexibility index (Phi) is 39.5. The van der Waals surface area contributed by atoms with Gasteiger partial charge in [0.05, 0.1) is 12.6 Å². The Balaban J connectivity index is 1.94. The standard InChI is InChI=1S/C71H114N20O15/c1-10-40(6)58(91-68(104)53(34-44-21-12-11-13-22-44)89-65(101)51(28-29-56(93)94)85-64(100)50(26-17-19-31-73)84-61(97)42(8)81-60(96)41(7)74)70(106)82-43(9)62(98)87-54(35-45-36-79-47-24-15-14-23-46(45)47)66(102)88-52(33-38(2)3)67(103)90-57(39(4)5)69(105)86-49(25-16-18-30-72)63(99)80-37-55(92)83-48(59(75)95)27-20-32-78-71(76)77/h11-15,21-24,36,38-43,48-54,57-58,79H,10,16-20,25-35,37,72-74H2,1-9H3,(H2,75,95)(H,80,99)(H,81,96)(H,82,106)(H,83,92)(H,84,97)(H,85,100)(H,86,105)(H,87,98)(H,88,102)(H,89,101)(H,90,103)(H,91,104)(H,93,94)(H4,76,77,78)/t40-,41-,42-,43-,48-,49-,50-,51-,52-,53-,54-,57-,58-/m0/s1. The third-order valence-electron chi connectivity index (χ3n) is 17.4. The highest BCUT2D eigenvalue weighted by Crippen LogP contribution is 2.21. The Morgan fingerprint density at radius 1 is 0.481 bits per heavy atom. The molecule has 0 aliphatic rings. The molecule has 35 nitrogen and oxygen atoms in total. The second-order valence-electron chi connectivity index (χ2n) is 27.3. The van der Waals surface area contributed by atoms with Gasteiger partial charge in [-0.3, -0.25) is 72.1 Å². The van der Waals surface area contributed by atoms with Crippen LogP contribution < -0.4 is 98.2 Å². The molecule has 588 valence electrons. The molecule has 0 saturated heterocycles. The van der Waals surface area contributed by atoms with E-state index in [0.29, 0.717) is 60.6 Å². The monoisotopic (exact) mass is 1490 g/mol. The summed E-state index contributed by atoms with van der Waals surface area (Å²) in [5, 5.41) is 42.0. The van der Waals surface area contributed by atoms with Crippen molar-refractivity contribution in [2.24, 2.45) is 57.1 Å². The lowest BCUT2D eigenvalue weighted by molar-refractivity contribution is -0.139. The van der Waals surface area contributed by atoms with E-state index in [9.17, 15) is 72.2 Å². The second-order valence-corrected chi connectivity index (χ2v) is 27.3. The van der Waals surface area contributed by atoms with Gasteiger partial charge >= 0.3 is 5.97 Å². The van der Waals surface area contributed by atoms with Gasteiger partial charge in [-0.1, -0.05) is 96.5 Å². The molecule has 0 bridgehead atoms. The maximum absolute atomic E-state index is 14.9. The Morgan fingerprint density at radius 2 is 0.953 bits per heavy atom. The number of aromatic amines is 1. The summed E-state index contributed by atoms with van der Waals surface area (Å²) in [6.07, 6.45) is 2.65. The zero-order chi connectivity index (χ0) is 79.3. The average molecular weight is 1490 g/mol. The number of benzene rings is 2. The van der Waals surface area contributed by atoms with Crippen molar-refractivity contribution in [3.05, 3.63) is 71.9 Å². The minimum atomic E-state index is -1.60. The molecular formula is C71H114N20O15. The van der Waals surface area contributed by atoms with Crippen molar-refractivity contribution in [2.45, 2.75) is 225 Å². The fourth-order valence-corrected chi connectivity index (χ4v) is 11.1. The molecule has 3 rings (SSSR count). The normalized spacial score (nSPS) is 14.9. The van der Waals surface area contributed by atoms with Crippen LogP contribution in [-0.4, -0.2) is 197 Å². The van der Waals surface area contributed by atoms with E-state index in [1.807, 2.05) is 6.07 Å². The van der Waals surface area contributed by atoms with Crippen LogP contribution in [0.3, 0.4) is 0 Å². The lowest BCUT2D eigenvalue weighted by Crippen LogP contribution is -2.61. The first-order valence-electron chi connectivity index (χ1n) is 36.0. The van der Waals surface area contributed by atoms with Crippen molar-refractivity contribution in [3.8, 4) is 0 Å². The number of nitrogens with two attached hydrogens (primary N) is 6. The molecule has 0 radical (unpaired) electrons. The number of guanidine groups is 1. The van der Waals surface area contributed by atoms with E-state index >= 15 is 0 Å². The number of hydrogen-bond donors (Lipinski definition) is 20. The number of hydrogen-bond acceptors (Lipinski definition) is 18. The Bertz CT molecular complexity index is 3460. The number of nitrogens with zero attached hydrogens (tertiary/aromatic N) is 1. The molecule has 0 aliphatic heterocycles. The largest absolute Gasteiger partial charge is 0.481 e. The van der Waals surface area contributed by atoms with Crippen molar-refractivity contribution >= 4 is 99.6 Å². The molecule has 26 N–H and O–H groups in total. The van der Waals surface area contributed by atoms with Crippen molar-refractivity contribution in [2.75, 3.05) is 26.2 Å². The number of rotatable bonds is 49. The van der Waals surface area contributed by atoms with Crippen molar-refractivity contribution in [1.29, 1.82) is 0 Å². The van der Waals surface area contributed by atoms with E-state index in [4.69, 9.17) is 34.4 Å². The highest BCUT2D eigenvalue weighted by atomic mass is 16.4. The molecule has 0 spiro atoms. The fraction of sp³-hybridized carbons (Fsp3) is 0.592. The minimum Gasteiger partial charge on any atom is -0.481 e. The number of aromatic nitrogens is 1. The van der Waals surface area contributed by atoms with E-state index < -0.39 is 186 Å². The fourth-order valence-electron chi connectivity index (χ4n) is 11.1. The van der Waals surface area contributed by atoms with Crippen LogP contribution in [-0.2, 0) is 80.0 Å². The highest BCUT2D eigenvalue weighted by molar-refractivity contribution is 6.00. The predicted molar refractivity (Wildman–Crippen MR) is 397 cm³/mol. The number of carbonyl (C=O) groups is 14. The highest BCUT2D eigenvalue weighted by Gasteiger charge is 2.38. The number of aliphatic imine (C=N–C) groups is 1. The van der Waals surface area contributed by atoms with Gasteiger partial charge in [0, 0.05) is 42.9 Å². The van der Waals surface area contributed by atoms with Gasteiger partial charge in [-0.25, -0.2) is 0 Å². The van der Waals surface area contributed by atoms with Crippen LogP contribution in [0.25, 0.3) is 10.9 Å². The number of para-hydroxylation sites is 1. The first-order valence-corrected chi connectivity index (χ1v) is 36.0. The van der Waals surface area contributed by atoms with E-state index in [-0.39, 0.29) is 70.0 Å². The SMILES string of the molecule is CC[C@H](C)[C@H](NC(=O)[C@H](Cc1ccccc1)NC(=O)[C@H](CCC(=O)O)NC(=O)[C@H](CCCCN)NC(=O)[C@H](C)NC(=O)[C@H](C)N)C(=O)N[C@@H](C)C(=O)N[C@@H](Cc1c[nH]c2ccccc12)C(=O)N[C@@H](CC(C)C)C(=O)N[C@H](C(=O)N[C@@H](CCCCN)C(=O)NCC(=O)N[C@@H](CCCN=C(N)N)C(N)=O)C(C)C. The van der Waals surface area contributed by atoms with E-state index in [2.05, 4.69) is 73.8 Å². The number of fused-ring (bicyclic) bond motifs is 1. The molecule has 2 aromatic carbocycles. The molecule has 0 fully saturated rings. The Hall–Kier alpha value is -10.3. The number of amides is 13. The number of unbranched alkanes of at least 4 members (excludes halogenated alkanes) is 2. The number of H-pyrrole nitrogens is 1. The maximum atomic E-state index is 14.9. The third-order valence-corrected chi connectivity index (χ3v) is 17.4. The molecule has 35 heteroatoms. The van der Waals surface area contributed by atoms with Crippen LogP contribution >= 0.6 is 0 Å². The van der Waals surface area contributed by atoms with Gasteiger partial charge in [0.2, 0.25) is 76.8 Å². The van der Waals surface area contributed by atoms with Gasteiger partial charge in [0.15, 0.2) is 5.96 Å². The van der Waals surface area contributed by atoms with Gasteiger partial charge in [0.1, 0.15) is 66.5 Å². The number of nitrogens with one attached hydrogen (secondary N) is 13. The molecular weight excluding hydrogens is 1370 g/mol. The number of carbonyl (C=O) groups excluding carboxylic acids is 13. The van der Waals surface area contributed by atoms with Gasteiger partial charge in [-0.15, -0.1) is 0 Å². The van der Waals surface area contributed by atoms with Crippen molar-refractivity contribution in [3.63, 3.8) is 0 Å². The maximum Gasteiger partial charge on any atom is 0.303 e. The average Bonchev–Trinajstić information content (AvgIpc) is 1.61. The Morgan fingerprint density at radius 3 is 1.51 bits per heavy atom. The summed E-state index contributed by atoms with van der Waals surface area (Å²) in [6.45, 7) is 14.5. The summed E-state index contributed by atoms with van der Waals surface area (Å²) >= 11 is 0. The lowest BCUT2D eigenvalue weighted by atomic mass is 9.96. The summed E-state index contributed by atoms with van der Waals surface area (Å²) < 4.78 is 0. The van der Waals surface area contributed by atoms with Gasteiger partial charge in [-0.05, 0) is 133 Å². The molecule has 0 aliphatic carbocycles. The molecule has 1 heterocycles. The topological polar surface area (TPSA) is 588 Å². The number of carboxylic acids is 1. The van der Waals surface area contributed by atoms with Crippen LogP contribution in [0, 0.1) is 17.8 Å². The van der Waals surface area contributed by atoms with Crippen LogP contribution in [0.4, 0.5) is 0 Å². The zero-order valence-electron chi connectivity index (χ0n) is 62.2. The van der Waals surface area contributed by atoms with Crippen molar-refractivity contribution < 1.29 is 72.2 Å². The van der Waals surface area contributed by atoms with Crippen LogP contribution in [0.5, 0.6) is 0 Å². The van der Waals surface area contributed by atoms with Crippen LogP contribution in [0.15, 0.2) is 65.8 Å². The summed E-state index contributed by atoms with van der Waals surface area (Å²) in [6, 6.07) is -0.0762. The molecule has 106 heavy (non-hydrogen) atoms. The first-order chi connectivity index (χ1) is 50.1. The quantitative estimate of drug-likeness (QED) is 0.0154. The molecule has 13 amide bonds. The predicted octanol–water partition coefficient (Wildman–Crippen LogP) is -2.80. The molecule has 1 aromatic heterocycles. The van der Waals surface area contributed by atoms with E-state index in [1.165, 1.54) is 20.8 Å². The number of carboxylic acid groups (broad SMARTS) is 1. The van der Waals surface area contributed by atoms with Gasteiger partial charge in [0.25, 0.3) is 0 Å². The van der Waals surface area contributed by atoms with Gasteiger partial charge < -0.3 is 108 Å². The van der Waals surface area contributed by atoms with E-state index in [0.717, 1.165) is 0 Å². The van der Waals surface area contributed by atoms with Crippen molar-refractivity contribution in [1.82, 2.24) is 68.8 Å². The minimum absolute atomic E-state index is 0.0226.